The highest BCUT2D eigenvalue weighted by atomic mass is 32.2. The first kappa shape index (κ1) is 16.4. The van der Waals surface area contributed by atoms with Crippen LogP contribution in [-0.2, 0) is 6.54 Å². The second kappa shape index (κ2) is 6.67. The molecule has 1 aliphatic rings. The van der Waals surface area contributed by atoms with Crippen LogP contribution in [0.5, 0.6) is 0 Å². The topological polar surface area (TPSA) is 72.0 Å². The number of fused-ring (bicyclic) bond motifs is 2. The van der Waals surface area contributed by atoms with E-state index in [9.17, 15) is 0 Å². The number of aromatic nitrogens is 3. The second-order valence-electron chi connectivity index (χ2n) is 6.41. The lowest BCUT2D eigenvalue weighted by Crippen LogP contribution is -2.18. The predicted molar refractivity (Wildman–Crippen MR) is 103 cm³/mol. The molecule has 1 aromatic carbocycles. The summed E-state index contributed by atoms with van der Waals surface area (Å²) in [6, 6.07) is 8.56. The van der Waals surface area contributed by atoms with Crippen molar-refractivity contribution in [1.29, 1.82) is 0 Å². The molecule has 25 heavy (non-hydrogen) atoms. The van der Waals surface area contributed by atoms with E-state index >= 15 is 0 Å². The van der Waals surface area contributed by atoms with Gasteiger partial charge in [0.1, 0.15) is 11.4 Å². The number of hydrogen-bond acceptors (Lipinski definition) is 6. The molecule has 0 aliphatic carbocycles. The molecule has 4 rings (SSSR count). The molecule has 0 fully saturated rings. The van der Waals surface area contributed by atoms with Crippen LogP contribution in [0.1, 0.15) is 0 Å². The van der Waals surface area contributed by atoms with Crippen LogP contribution < -0.4 is 11.1 Å². The van der Waals surface area contributed by atoms with Crippen molar-refractivity contribution in [2.75, 3.05) is 39.0 Å². The van der Waals surface area contributed by atoms with Crippen LogP contribution >= 0.6 is 11.8 Å². The quantitative estimate of drug-likeness (QED) is 0.554. The maximum atomic E-state index is 5.58. The summed E-state index contributed by atoms with van der Waals surface area (Å²) in [5.41, 5.74) is 9.71. The van der Waals surface area contributed by atoms with Crippen molar-refractivity contribution in [3.05, 3.63) is 30.5 Å². The second-order valence-corrected chi connectivity index (χ2v) is 7.50. The van der Waals surface area contributed by atoms with Crippen LogP contribution in [0.15, 0.2) is 40.3 Å². The van der Waals surface area contributed by atoms with Crippen molar-refractivity contribution in [3.63, 3.8) is 0 Å². The smallest absolute Gasteiger partial charge is 0.121 e. The third kappa shape index (κ3) is 2.99. The van der Waals surface area contributed by atoms with Gasteiger partial charge in [-0.2, -0.15) is 5.10 Å². The van der Waals surface area contributed by atoms with Crippen LogP contribution in [0.2, 0.25) is 0 Å². The van der Waals surface area contributed by atoms with E-state index in [0.717, 1.165) is 41.6 Å². The van der Waals surface area contributed by atoms with Crippen molar-refractivity contribution in [1.82, 2.24) is 19.7 Å². The molecule has 0 saturated heterocycles. The van der Waals surface area contributed by atoms with Crippen LogP contribution in [-0.4, -0.2) is 53.4 Å². The molecular formula is C18H22N6S. The Kier molecular flexibility index (Phi) is 4.37. The maximum absolute atomic E-state index is 5.58. The van der Waals surface area contributed by atoms with Crippen LogP contribution in [0.25, 0.3) is 22.3 Å². The van der Waals surface area contributed by atoms with E-state index in [4.69, 9.17) is 15.8 Å². The first-order valence-electron chi connectivity index (χ1n) is 8.44. The zero-order valence-electron chi connectivity index (χ0n) is 14.5. The van der Waals surface area contributed by atoms with Gasteiger partial charge in [-0.25, -0.2) is 0 Å². The van der Waals surface area contributed by atoms with E-state index in [2.05, 4.69) is 53.3 Å². The summed E-state index contributed by atoms with van der Waals surface area (Å²) >= 11 is 1.76. The largest absolute Gasteiger partial charge is 0.382 e. The molecule has 1 aliphatic heterocycles. The van der Waals surface area contributed by atoms with Gasteiger partial charge >= 0.3 is 0 Å². The van der Waals surface area contributed by atoms with E-state index in [0.29, 0.717) is 6.54 Å². The highest BCUT2D eigenvalue weighted by Crippen LogP contribution is 2.47. The van der Waals surface area contributed by atoms with Gasteiger partial charge < -0.3 is 16.0 Å². The Morgan fingerprint density at radius 2 is 2.12 bits per heavy atom. The fourth-order valence-corrected chi connectivity index (χ4v) is 4.16. The molecule has 0 amide bonds. The predicted octanol–water partition coefficient (Wildman–Crippen LogP) is 2.50. The van der Waals surface area contributed by atoms with Crippen molar-refractivity contribution in [2.24, 2.45) is 5.73 Å². The summed E-state index contributed by atoms with van der Waals surface area (Å²) in [5.74, 6) is 0. The lowest BCUT2D eigenvalue weighted by atomic mass is 10.1. The number of hydrogen-bond donors (Lipinski definition) is 2. The molecule has 0 bridgehead atoms. The number of likely N-dealkylation sites (N-methyl/N-ethyl adjacent to an activating group) is 1. The average Bonchev–Trinajstić information content (AvgIpc) is 2.98. The Balaban J connectivity index is 1.79. The number of anilines is 1. The van der Waals surface area contributed by atoms with Crippen molar-refractivity contribution < 1.29 is 0 Å². The lowest BCUT2D eigenvalue weighted by Gasteiger charge is -2.15. The summed E-state index contributed by atoms with van der Waals surface area (Å²) in [6.45, 7) is 3.16. The molecule has 130 valence electrons. The highest BCUT2D eigenvalue weighted by Gasteiger charge is 2.25. The summed E-state index contributed by atoms with van der Waals surface area (Å²) in [6.07, 6.45) is 1.87. The molecule has 6 nitrogen and oxygen atoms in total. The number of pyridine rings is 1. The minimum atomic E-state index is 0.601. The summed E-state index contributed by atoms with van der Waals surface area (Å²) in [7, 11) is 4.16. The molecule has 3 heterocycles. The van der Waals surface area contributed by atoms with Crippen LogP contribution in [0, 0.1) is 0 Å². The fraction of sp³-hybridized carbons (Fsp3) is 0.333. The SMILES string of the molecule is CN(C)CCn1nc2c3c(cccc31)Sc1cc(NCCN)cnc1-2. The molecule has 0 saturated carbocycles. The van der Waals surface area contributed by atoms with Gasteiger partial charge in [0.2, 0.25) is 0 Å². The van der Waals surface area contributed by atoms with Gasteiger partial charge in [0.05, 0.1) is 23.9 Å². The van der Waals surface area contributed by atoms with Gasteiger partial charge in [-0.3, -0.25) is 9.67 Å². The monoisotopic (exact) mass is 354 g/mol. The Labute approximate surface area is 151 Å². The molecule has 0 atom stereocenters. The van der Waals surface area contributed by atoms with Crippen molar-refractivity contribution >= 4 is 28.4 Å². The Hall–Kier alpha value is -2.09. The summed E-state index contributed by atoms with van der Waals surface area (Å²) < 4.78 is 2.10. The van der Waals surface area contributed by atoms with Gasteiger partial charge in [0.25, 0.3) is 0 Å². The highest BCUT2D eigenvalue weighted by molar-refractivity contribution is 7.99. The number of nitrogens with zero attached hydrogens (tertiary/aromatic N) is 4. The molecule has 7 heteroatoms. The fourth-order valence-electron chi connectivity index (χ4n) is 3.05. The zero-order chi connectivity index (χ0) is 17.4. The Bertz CT molecular complexity index is 917. The average molecular weight is 354 g/mol. The van der Waals surface area contributed by atoms with Gasteiger partial charge in [-0.15, -0.1) is 0 Å². The van der Waals surface area contributed by atoms with Gasteiger partial charge in [0.15, 0.2) is 0 Å². The van der Waals surface area contributed by atoms with E-state index in [1.165, 1.54) is 15.8 Å². The minimum Gasteiger partial charge on any atom is -0.382 e. The summed E-state index contributed by atoms with van der Waals surface area (Å²) in [5, 5.41) is 9.41. The number of nitrogens with one attached hydrogen (secondary N) is 1. The van der Waals surface area contributed by atoms with Gasteiger partial charge in [0, 0.05) is 34.8 Å². The maximum Gasteiger partial charge on any atom is 0.121 e. The first-order valence-corrected chi connectivity index (χ1v) is 9.25. The standard InChI is InChI=1S/C18H22N6S/c1-23(2)8-9-24-13-4-3-5-14-16(13)18(22-24)17-15(25-14)10-12(11-21-17)20-7-6-19/h3-5,10-11,20H,6-9,19H2,1-2H3. The minimum absolute atomic E-state index is 0.601. The molecular weight excluding hydrogens is 332 g/mol. The number of rotatable bonds is 6. The number of nitrogens with two attached hydrogens (primary N) is 1. The van der Waals surface area contributed by atoms with E-state index in [1.54, 1.807) is 11.8 Å². The van der Waals surface area contributed by atoms with E-state index in [-0.39, 0.29) is 0 Å². The van der Waals surface area contributed by atoms with Crippen molar-refractivity contribution in [2.45, 2.75) is 16.3 Å². The number of benzene rings is 1. The lowest BCUT2D eigenvalue weighted by molar-refractivity contribution is 0.377. The molecule has 3 N–H and O–H groups in total. The van der Waals surface area contributed by atoms with E-state index < -0.39 is 0 Å². The zero-order valence-corrected chi connectivity index (χ0v) is 15.3. The molecule has 0 radical (unpaired) electrons. The Morgan fingerprint density at radius 3 is 2.92 bits per heavy atom. The molecule has 2 aromatic heterocycles. The van der Waals surface area contributed by atoms with E-state index in [1.807, 2.05) is 6.20 Å². The van der Waals surface area contributed by atoms with Crippen molar-refractivity contribution in [3.8, 4) is 11.4 Å². The van der Waals surface area contributed by atoms with Gasteiger partial charge in [-0.1, -0.05) is 17.8 Å². The van der Waals surface area contributed by atoms with Gasteiger partial charge in [-0.05, 0) is 32.3 Å². The van der Waals surface area contributed by atoms with Crippen LogP contribution in [0.3, 0.4) is 0 Å². The third-order valence-corrected chi connectivity index (χ3v) is 5.36. The Morgan fingerprint density at radius 1 is 1.24 bits per heavy atom. The first-order chi connectivity index (χ1) is 12.2. The third-order valence-electron chi connectivity index (χ3n) is 4.27. The molecule has 0 spiro atoms. The molecule has 0 unspecified atom stereocenters. The summed E-state index contributed by atoms with van der Waals surface area (Å²) in [4.78, 5) is 9.25. The molecule has 3 aromatic rings. The normalized spacial score (nSPS) is 12.6. The van der Waals surface area contributed by atoms with Crippen LogP contribution in [0.4, 0.5) is 5.69 Å².